The number of carbonyl (C=O) groups excluding carboxylic acids is 6. The maximum atomic E-state index is 14.9. The minimum atomic E-state index is -5.31. The molecule has 2 aromatic carbocycles. The van der Waals surface area contributed by atoms with Crippen molar-refractivity contribution in [3.05, 3.63) is 63.5 Å². The van der Waals surface area contributed by atoms with Crippen LogP contribution < -0.4 is 21.5 Å². The van der Waals surface area contributed by atoms with E-state index in [0.717, 1.165) is 30.6 Å². The smallest absolute Gasteiger partial charge is 0.384 e. The number of amides is 5. The average Bonchev–Trinajstić information content (AvgIpc) is 3.84. The number of likely N-dealkylation sites (tertiary alicyclic amines) is 1. The Morgan fingerprint density at radius 3 is 2.43 bits per heavy atom. The Bertz CT molecular complexity index is 2310. The Kier molecular flexibility index (Phi) is 14.3. The summed E-state index contributed by atoms with van der Waals surface area (Å²) in [7, 11) is 0. The summed E-state index contributed by atoms with van der Waals surface area (Å²) in [5, 5.41) is 9.13. The molecule has 63 heavy (non-hydrogen) atoms. The number of piperidine rings is 2. The lowest BCUT2D eigenvalue weighted by molar-refractivity contribution is -0.237. The molecule has 3 aromatic rings. The zero-order chi connectivity index (χ0) is 44.8. The van der Waals surface area contributed by atoms with Crippen LogP contribution in [0.1, 0.15) is 104 Å². The number of hydrogen-bond acceptors (Lipinski definition) is 13. The van der Waals surface area contributed by atoms with Crippen molar-refractivity contribution >= 4 is 69.5 Å². The number of thioether (sulfide) groups is 1. The van der Waals surface area contributed by atoms with Crippen molar-refractivity contribution < 1.29 is 51.2 Å². The molecule has 7 rings (SSSR count). The van der Waals surface area contributed by atoms with E-state index in [1.807, 2.05) is 0 Å². The van der Waals surface area contributed by atoms with Gasteiger partial charge in [-0.1, -0.05) is 31.7 Å². The summed E-state index contributed by atoms with van der Waals surface area (Å²) in [6, 6.07) is 6.87. The number of unbranched alkanes of at least 4 members (excludes halogenated alkanes) is 3. The third-order valence-corrected chi connectivity index (χ3v) is 13.0. The molecular formula is C42H48F4N8O8S. The molecular weight excluding hydrogens is 853 g/mol. The highest BCUT2D eigenvalue weighted by atomic mass is 32.2. The van der Waals surface area contributed by atoms with Crippen molar-refractivity contribution in [3.8, 4) is 0 Å². The Hall–Kier alpha value is -5.57. The SMILES string of the molecule is O=C1CCC(N2C(=O)c3cccc(NCCCCCCN(OC(=O)C(F)(F)F)C(=O)CN4CCC(SCc5nc6cc(NC7CCCC7)cc(F)c6c(=O)[nH]5)CC4)c3C2=O)C(=O)N1. The summed E-state index contributed by atoms with van der Waals surface area (Å²) in [5.74, 6) is -5.65. The number of rotatable bonds is 16. The van der Waals surface area contributed by atoms with Gasteiger partial charge >= 0.3 is 12.1 Å². The molecule has 0 bridgehead atoms. The maximum absolute atomic E-state index is 14.9. The number of halogens is 4. The normalized spacial score (nSPS) is 18.8. The minimum absolute atomic E-state index is 0.00540. The number of hydroxylamine groups is 2. The summed E-state index contributed by atoms with van der Waals surface area (Å²) in [6.07, 6.45) is 1.95. The number of alkyl halides is 3. The molecule has 4 heterocycles. The number of hydrogen-bond donors (Lipinski definition) is 4. The van der Waals surface area contributed by atoms with E-state index in [1.54, 1.807) is 34.9 Å². The average molecular weight is 901 g/mol. The molecule has 1 unspecified atom stereocenters. The topological polar surface area (TPSA) is 203 Å². The molecule has 1 aromatic heterocycles. The molecule has 4 N–H and O–H groups in total. The van der Waals surface area contributed by atoms with Gasteiger partial charge in [0.1, 0.15) is 23.1 Å². The van der Waals surface area contributed by atoms with E-state index in [9.17, 15) is 51.1 Å². The number of aromatic amines is 1. The van der Waals surface area contributed by atoms with Crippen molar-refractivity contribution in [1.82, 2.24) is 30.1 Å². The van der Waals surface area contributed by atoms with Gasteiger partial charge in [0.25, 0.3) is 23.3 Å². The van der Waals surface area contributed by atoms with E-state index < -0.39 is 59.1 Å². The van der Waals surface area contributed by atoms with E-state index in [-0.39, 0.29) is 65.7 Å². The summed E-state index contributed by atoms with van der Waals surface area (Å²) in [4.78, 5) is 103. The lowest BCUT2D eigenvalue weighted by Crippen LogP contribution is -2.54. The van der Waals surface area contributed by atoms with Crippen LogP contribution in [0.4, 0.5) is 28.9 Å². The first-order chi connectivity index (χ1) is 30.2. The number of nitrogens with one attached hydrogen (secondary N) is 4. The fourth-order valence-electron chi connectivity index (χ4n) is 8.42. The van der Waals surface area contributed by atoms with Gasteiger partial charge < -0.3 is 20.5 Å². The highest BCUT2D eigenvalue weighted by Crippen LogP contribution is 2.33. The third kappa shape index (κ3) is 11.0. The first-order valence-corrected chi connectivity index (χ1v) is 22.2. The number of H-pyrrole nitrogens is 1. The van der Waals surface area contributed by atoms with Crippen molar-refractivity contribution in [2.45, 2.75) is 106 Å². The lowest BCUT2D eigenvalue weighted by Gasteiger charge is -2.32. The predicted octanol–water partition coefficient (Wildman–Crippen LogP) is 5.04. The quantitative estimate of drug-likeness (QED) is 0.0646. The van der Waals surface area contributed by atoms with Crippen molar-refractivity contribution in [1.29, 1.82) is 0 Å². The molecule has 1 saturated carbocycles. The van der Waals surface area contributed by atoms with Crippen LogP contribution in [0.25, 0.3) is 10.9 Å². The molecule has 1 atom stereocenters. The largest absolute Gasteiger partial charge is 0.493 e. The van der Waals surface area contributed by atoms with E-state index >= 15 is 0 Å². The van der Waals surface area contributed by atoms with Crippen molar-refractivity contribution in [3.63, 3.8) is 0 Å². The first-order valence-electron chi connectivity index (χ1n) is 21.2. The first kappa shape index (κ1) is 45.5. The van der Waals surface area contributed by atoms with Crippen LogP contribution in [0.2, 0.25) is 0 Å². The molecule has 338 valence electrons. The highest BCUT2D eigenvalue weighted by molar-refractivity contribution is 7.99. The molecule has 3 aliphatic heterocycles. The second-order valence-electron chi connectivity index (χ2n) is 16.2. The second-order valence-corrected chi connectivity index (χ2v) is 17.5. The molecule has 2 saturated heterocycles. The van der Waals surface area contributed by atoms with Crippen LogP contribution >= 0.6 is 11.8 Å². The molecule has 4 aliphatic rings. The Morgan fingerprint density at radius 1 is 0.952 bits per heavy atom. The van der Waals surface area contributed by atoms with Gasteiger partial charge in [-0.05, 0) is 82.3 Å². The monoisotopic (exact) mass is 900 g/mol. The summed E-state index contributed by atoms with van der Waals surface area (Å²) >= 11 is 1.55. The summed E-state index contributed by atoms with van der Waals surface area (Å²) in [5.41, 5.74) is 0.918. The van der Waals surface area contributed by atoms with Crippen molar-refractivity contribution in [2.75, 3.05) is 43.4 Å². The Labute approximate surface area is 363 Å². The molecule has 5 amide bonds. The number of carbonyl (C=O) groups is 6. The molecule has 0 radical (unpaired) electrons. The second kappa shape index (κ2) is 19.9. The lowest BCUT2D eigenvalue weighted by atomic mass is 10.0. The van der Waals surface area contributed by atoms with E-state index in [4.69, 9.17) is 0 Å². The molecule has 21 heteroatoms. The van der Waals surface area contributed by atoms with Gasteiger partial charge in [-0.2, -0.15) is 30.0 Å². The van der Waals surface area contributed by atoms with E-state index in [0.29, 0.717) is 79.8 Å². The number of fused-ring (bicyclic) bond motifs is 2. The zero-order valence-corrected chi connectivity index (χ0v) is 35.1. The highest BCUT2D eigenvalue weighted by Gasteiger charge is 2.46. The van der Waals surface area contributed by atoms with Gasteiger partial charge in [-0.25, -0.2) is 14.2 Å². The number of nitrogens with zero attached hydrogens (tertiary/aromatic N) is 4. The number of anilines is 2. The van der Waals surface area contributed by atoms with Crippen LogP contribution in [0, 0.1) is 5.82 Å². The van der Waals surface area contributed by atoms with Crippen LogP contribution in [0.15, 0.2) is 35.1 Å². The Balaban J connectivity index is 0.852. The van der Waals surface area contributed by atoms with Crippen LogP contribution in [0.5, 0.6) is 0 Å². The van der Waals surface area contributed by atoms with Gasteiger partial charge in [0.15, 0.2) is 0 Å². The van der Waals surface area contributed by atoms with E-state index in [1.165, 1.54) is 12.1 Å². The standard InChI is InChI=1S/C42H48F4N8O8S/c43-28-20-25(48-24-8-3-4-9-24)21-30-36(28)38(58)50-32(49-30)23-63-26-14-18-52(19-15-26)22-34(56)53(62-41(61)42(44,45)46)17-6-2-1-5-16-47-29-11-7-10-27-35(29)40(60)54(39(27)59)31-12-13-33(55)51-37(31)57/h7,10-11,20-21,24,26,31,47-48H,1-6,8-9,12-19,22-23H2,(H,49,50,58)(H,51,55,57). The molecule has 3 fully saturated rings. The Morgan fingerprint density at radius 2 is 1.70 bits per heavy atom. The van der Waals surface area contributed by atoms with Gasteiger partial charge in [-0.15, -0.1) is 0 Å². The molecule has 16 nitrogen and oxygen atoms in total. The number of aromatic nitrogens is 2. The van der Waals surface area contributed by atoms with Gasteiger partial charge in [0, 0.05) is 35.6 Å². The number of imide groups is 2. The minimum Gasteiger partial charge on any atom is -0.384 e. The van der Waals surface area contributed by atoms with Crippen LogP contribution in [-0.2, 0) is 29.8 Å². The van der Waals surface area contributed by atoms with Crippen LogP contribution in [-0.4, -0.2) is 117 Å². The fourth-order valence-corrected chi connectivity index (χ4v) is 9.50. The summed E-state index contributed by atoms with van der Waals surface area (Å²) < 4.78 is 54.4. The third-order valence-electron chi connectivity index (χ3n) is 11.7. The van der Waals surface area contributed by atoms with Crippen molar-refractivity contribution in [2.24, 2.45) is 0 Å². The molecule has 1 aliphatic carbocycles. The number of benzene rings is 2. The van der Waals surface area contributed by atoms with Gasteiger partial charge in [0.2, 0.25) is 11.8 Å². The fraction of sp³-hybridized carbons (Fsp3) is 0.524. The van der Waals surface area contributed by atoms with Gasteiger partial charge in [0.05, 0.1) is 35.5 Å². The summed E-state index contributed by atoms with van der Waals surface area (Å²) in [6.45, 7) is 0.711. The van der Waals surface area contributed by atoms with Gasteiger partial charge in [-0.3, -0.25) is 43.9 Å². The predicted molar refractivity (Wildman–Crippen MR) is 223 cm³/mol. The van der Waals surface area contributed by atoms with E-state index in [2.05, 4.69) is 30.8 Å². The molecule has 0 spiro atoms. The zero-order valence-electron chi connectivity index (χ0n) is 34.3. The maximum Gasteiger partial charge on any atom is 0.493 e. The van der Waals surface area contributed by atoms with Crippen LogP contribution in [0.3, 0.4) is 0 Å².